The second-order valence-corrected chi connectivity index (χ2v) is 6.04. The molecule has 2 aromatic rings. The predicted molar refractivity (Wildman–Crippen MR) is 78.1 cm³/mol. The number of ether oxygens (including phenoxy) is 1. The maximum Gasteiger partial charge on any atom is 0.435 e. The summed E-state index contributed by atoms with van der Waals surface area (Å²) < 4.78 is 51.8. The van der Waals surface area contributed by atoms with Gasteiger partial charge in [-0.25, -0.2) is 0 Å². The minimum absolute atomic E-state index is 0.00678. The highest BCUT2D eigenvalue weighted by molar-refractivity contribution is 5.63. The van der Waals surface area contributed by atoms with E-state index < -0.39 is 11.9 Å². The normalized spacial score (nSPS) is 22.5. The molecule has 23 heavy (non-hydrogen) atoms. The van der Waals surface area contributed by atoms with Crippen LogP contribution in [0.15, 0.2) is 16.5 Å². The molecule has 126 valence electrons. The zero-order valence-electron chi connectivity index (χ0n) is 13.3. The molecular formula is C16H19F3N2O2. The summed E-state index contributed by atoms with van der Waals surface area (Å²) in [6, 6.07) is 2.75. The highest BCUT2D eigenvalue weighted by atomic mass is 19.4. The standard InChI is InChI=1S/C16H19F3N2O2/c1-9-6-12(4-5-22-9)21-14(8-15(20-21)16(17,18)19)13-7-10(2)23-11(13)3/h7-9,12H,4-6H2,1-3H3. The predicted octanol–water partition coefficient (Wildman–Crippen LogP) is 4.52. The number of alkyl halides is 3. The Morgan fingerprint density at radius 1 is 1.26 bits per heavy atom. The number of rotatable bonds is 2. The second-order valence-electron chi connectivity index (χ2n) is 6.04. The molecule has 0 aromatic carbocycles. The Hall–Kier alpha value is -1.76. The first kappa shape index (κ1) is 16.1. The zero-order chi connectivity index (χ0) is 16.8. The summed E-state index contributed by atoms with van der Waals surface area (Å²) in [5.74, 6) is 1.26. The highest BCUT2D eigenvalue weighted by Gasteiger charge is 2.37. The average Bonchev–Trinajstić information content (AvgIpc) is 3.01. The first-order valence-corrected chi connectivity index (χ1v) is 7.61. The van der Waals surface area contributed by atoms with E-state index in [2.05, 4.69) is 5.10 Å². The molecule has 1 aliphatic heterocycles. The Balaban J connectivity index is 2.09. The zero-order valence-corrected chi connectivity index (χ0v) is 13.3. The van der Waals surface area contributed by atoms with Gasteiger partial charge in [0, 0.05) is 12.2 Å². The number of aryl methyl sites for hydroxylation is 2. The fourth-order valence-corrected chi connectivity index (χ4v) is 3.09. The fraction of sp³-hybridized carbons (Fsp3) is 0.562. The summed E-state index contributed by atoms with van der Waals surface area (Å²) in [4.78, 5) is 0. The molecule has 0 aliphatic carbocycles. The van der Waals surface area contributed by atoms with Crippen LogP contribution in [0.25, 0.3) is 11.3 Å². The van der Waals surface area contributed by atoms with Gasteiger partial charge in [0.25, 0.3) is 0 Å². The Morgan fingerprint density at radius 2 is 2.00 bits per heavy atom. The Labute approximate surface area is 132 Å². The van der Waals surface area contributed by atoms with Gasteiger partial charge in [0.05, 0.1) is 17.8 Å². The third-order valence-corrected chi connectivity index (χ3v) is 4.15. The van der Waals surface area contributed by atoms with Crippen LogP contribution in [-0.4, -0.2) is 22.5 Å². The molecular weight excluding hydrogens is 309 g/mol. The molecule has 0 N–H and O–H groups in total. The third kappa shape index (κ3) is 3.15. The molecule has 0 spiro atoms. The van der Waals surface area contributed by atoms with Crippen molar-refractivity contribution in [2.45, 2.75) is 51.9 Å². The lowest BCUT2D eigenvalue weighted by molar-refractivity contribution is -0.141. The summed E-state index contributed by atoms with van der Waals surface area (Å²) >= 11 is 0. The van der Waals surface area contributed by atoms with E-state index in [1.807, 2.05) is 6.92 Å². The molecule has 0 amide bonds. The minimum Gasteiger partial charge on any atom is -0.466 e. The van der Waals surface area contributed by atoms with Gasteiger partial charge in [-0.3, -0.25) is 4.68 Å². The number of furan rings is 1. The minimum atomic E-state index is -4.47. The van der Waals surface area contributed by atoms with Gasteiger partial charge in [-0.2, -0.15) is 18.3 Å². The molecule has 1 fully saturated rings. The third-order valence-electron chi connectivity index (χ3n) is 4.15. The van der Waals surface area contributed by atoms with Crippen molar-refractivity contribution in [2.24, 2.45) is 0 Å². The van der Waals surface area contributed by atoms with Gasteiger partial charge in [-0.15, -0.1) is 0 Å². The summed E-state index contributed by atoms with van der Waals surface area (Å²) in [5.41, 5.74) is 0.236. The second kappa shape index (κ2) is 5.70. The SMILES string of the molecule is Cc1cc(-c2cc(C(F)(F)F)nn2C2CCOC(C)C2)c(C)o1. The smallest absolute Gasteiger partial charge is 0.435 e. The number of hydrogen-bond acceptors (Lipinski definition) is 3. The van der Waals surface area contributed by atoms with Gasteiger partial charge in [-0.05, 0) is 45.7 Å². The Kier molecular flexibility index (Phi) is 4.00. The van der Waals surface area contributed by atoms with Crippen molar-refractivity contribution in [3.63, 3.8) is 0 Å². The van der Waals surface area contributed by atoms with Crippen LogP contribution >= 0.6 is 0 Å². The van der Waals surface area contributed by atoms with Gasteiger partial charge < -0.3 is 9.15 Å². The Bertz CT molecular complexity index is 703. The van der Waals surface area contributed by atoms with Crippen molar-refractivity contribution in [3.05, 3.63) is 29.3 Å². The van der Waals surface area contributed by atoms with Crippen molar-refractivity contribution >= 4 is 0 Å². The van der Waals surface area contributed by atoms with E-state index in [-0.39, 0.29) is 12.1 Å². The molecule has 0 saturated carbocycles. The van der Waals surface area contributed by atoms with Crippen LogP contribution in [0.5, 0.6) is 0 Å². The molecule has 1 aliphatic rings. The first-order chi connectivity index (χ1) is 10.8. The molecule has 2 aromatic heterocycles. The largest absolute Gasteiger partial charge is 0.466 e. The Morgan fingerprint density at radius 3 is 2.57 bits per heavy atom. The lowest BCUT2D eigenvalue weighted by Crippen LogP contribution is -2.26. The van der Waals surface area contributed by atoms with Crippen molar-refractivity contribution in [1.29, 1.82) is 0 Å². The van der Waals surface area contributed by atoms with Gasteiger partial charge in [0.1, 0.15) is 11.5 Å². The van der Waals surface area contributed by atoms with Crippen LogP contribution in [0, 0.1) is 13.8 Å². The van der Waals surface area contributed by atoms with Crippen LogP contribution in [-0.2, 0) is 10.9 Å². The van der Waals surface area contributed by atoms with E-state index in [0.29, 0.717) is 42.2 Å². The number of aromatic nitrogens is 2. The number of nitrogens with zero attached hydrogens (tertiary/aromatic N) is 2. The van der Waals surface area contributed by atoms with E-state index in [4.69, 9.17) is 9.15 Å². The van der Waals surface area contributed by atoms with E-state index in [0.717, 1.165) is 6.07 Å². The molecule has 2 atom stereocenters. The summed E-state index contributed by atoms with van der Waals surface area (Å²) in [6.45, 7) is 5.97. The van der Waals surface area contributed by atoms with Crippen molar-refractivity contribution < 1.29 is 22.3 Å². The topological polar surface area (TPSA) is 40.2 Å². The molecule has 3 rings (SSSR count). The average molecular weight is 328 g/mol. The van der Waals surface area contributed by atoms with Crippen molar-refractivity contribution in [1.82, 2.24) is 9.78 Å². The summed E-state index contributed by atoms with van der Waals surface area (Å²) in [5, 5.41) is 3.86. The van der Waals surface area contributed by atoms with Gasteiger partial charge in [-0.1, -0.05) is 0 Å². The lowest BCUT2D eigenvalue weighted by Gasteiger charge is -2.28. The molecule has 2 unspecified atom stereocenters. The van der Waals surface area contributed by atoms with Crippen LogP contribution in [0.4, 0.5) is 13.2 Å². The maximum absolute atomic E-state index is 13.1. The van der Waals surface area contributed by atoms with Gasteiger partial charge in [0.15, 0.2) is 5.69 Å². The van der Waals surface area contributed by atoms with E-state index in [1.165, 1.54) is 4.68 Å². The molecule has 7 heteroatoms. The van der Waals surface area contributed by atoms with E-state index in [9.17, 15) is 13.2 Å². The lowest BCUT2D eigenvalue weighted by atomic mass is 10.0. The van der Waals surface area contributed by atoms with E-state index in [1.54, 1.807) is 19.9 Å². The summed E-state index contributed by atoms with van der Waals surface area (Å²) in [6.07, 6.45) is -3.18. The fourth-order valence-electron chi connectivity index (χ4n) is 3.09. The molecule has 1 saturated heterocycles. The molecule has 3 heterocycles. The maximum atomic E-state index is 13.1. The van der Waals surface area contributed by atoms with Gasteiger partial charge >= 0.3 is 6.18 Å². The number of halogens is 3. The first-order valence-electron chi connectivity index (χ1n) is 7.61. The molecule has 0 bridgehead atoms. The monoisotopic (exact) mass is 328 g/mol. The summed E-state index contributed by atoms with van der Waals surface area (Å²) in [7, 11) is 0. The number of hydrogen-bond donors (Lipinski definition) is 0. The highest BCUT2D eigenvalue weighted by Crippen LogP contribution is 2.37. The van der Waals surface area contributed by atoms with Crippen LogP contribution in [0.3, 0.4) is 0 Å². The molecule has 0 radical (unpaired) electrons. The van der Waals surface area contributed by atoms with Gasteiger partial charge in [0.2, 0.25) is 0 Å². The quantitative estimate of drug-likeness (QED) is 0.814. The molecule has 4 nitrogen and oxygen atoms in total. The van der Waals surface area contributed by atoms with Crippen LogP contribution in [0.2, 0.25) is 0 Å². The van der Waals surface area contributed by atoms with E-state index >= 15 is 0 Å². The van der Waals surface area contributed by atoms with Crippen molar-refractivity contribution in [2.75, 3.05) is 6.61 Å². The van der Waals surface area contributed by atoms with Crippen LogP contribution in [0.1, 0.15) is 43.0 Å². The van der Waals surface area contributed by atoms with Crippen LogP contribution < -0.4 is 0 Å². The van der Waals surface area contributed by atoms with Crippen molar-refractivity contribution in [3.8, 4) is 11.3 Å².